The quantitative estimate of drug-likeness (QED) is 0.806. The van der Waals surface area contributed by atoms with Gasteiger partial charge in [-0.25, -0.2) is 4.79 Å². The van der Waals surface area contributed by atoms with Crippen molar-refractivity contribution in [3.63, 3.8) is 0 Å². The maximum absolute atomic E-state index is 12.3. The molecule has 2 rings (SSSR count). The van der Waals surface area contributed by atoms with Crippen molar-refractivity contribution in [3.8, 4) is 0 Å². The Bertz CT molecular complexity index is 686. The predicted molar refractivity (Wildman–Crippen MR) is 97.1 cm³/mol. The third-order valence-electron chi connectivity index (χ3n) is 3.71. The minimum atomic E-state index is -1.04. The van der Waals surface area contributed by atoms with Crippen molar-refractivity contribution in [1.29, 1.82) is 0 Å². The Hall–Kier alpha value is -2.27. The van der Waals surface area contributed by atoms with Crippen molar-refractivity contribution >= 4 is 23.6 Å². The van der Waals surface area contributed by atoms with E-state index in [4.69, 9.17) is 0 Å². The smallest absolute Gasteiger partial charge is 0.327 e. The molecule has 2 aromatic rings. The van der Waals surface area contributed by atoms with E-state index < -0.39 is 16.8 Å². The van der Waals surface area contributed by atoms with Gasteiger partial charge in [0.1, 0.15) is 6.04 Å². The zero-order valence-corrected chi connectivity index (χ0v) is 14.5. The van der Waals surface area contributed by atoms with Gasteiger partial charge in [0.2, 0.25) is 0 Å². The van der Waals surface area contributed by atoms with Gasteiger partial charge >= 0.3 is 5.97 Å². The van der Waals surface area contributed by atoms with E-state index in [2.05, 4.69) is 5.32 Å². The first-order valence-corrected chi connectivity index (χ1v) is 8.65. The average Bonchev–Trinajstić information content (AvgIpc) is 2.59. The van der Waals surface area contributed by atoms with E-state index in [0.29, 0.717) is 11.3 Å². The normalized spacial score (nSPS) is 12.4. The second-order valence-electron chi connectivity index (χ2n) is 5.99. The van der Waals surface area contributed by atoms with Gasteiger partial charge in [0.15, 0.2) is 0 Å². The van der Waals surface area contributed by atoms with Crippen LogP contribution >= 0.6 is 11.8 Å². The number of thioether (sulfide) groups is 1. The van der Waals surface area contributed by atoms with Gasteiger partial charge in [-0.15, -0.1) is 11.8 Å². The molecule has 0 radical (unpaired) electrons. The third-order valence-corrected chi connectivity index (χ3v) is 5.16. The van der Waals surface area contributed by atoms with Gasteiger partial charge in [0.05, 0.1) is 0 Å². The highest BCUT2D eigenvalue weighted by molar-refractivity contribution is 7.99. The number of benzene rings is 2. The van der Waals surface area contributed by atoms with Gasteiger partial charge in [-0.2, -0.15) is 0 Å². The van der Waals surface area contributed by atoms with Gasteiger partial charge in [0, 0.05) is 16.1 Å². The minimum absolute atomic E-state index is 0.378. The minimum Gasteiger partial charge on any atom is -0.480 e. The number of carboxylic acid groups (broad SMARTS) is 1. The molecule has 0 aliphatic heterocycles. The van der Waals surface area contributed by atoms with Crippen LogP contribution < -0.4 is 5.32 Å². The molecule has 126 valence electrons. The lowest BCUT2D eigenvalue weighted by Crippen LogP contribution is -2.52. The van der Waals surface area contributed by atoms with E-state index in [1.165, 1.54) is 11.8 Å². The highest BCUT2D eigenvalue weighted by Crippen LogP contribution is 2.31. The van der Waals surface area contributed by atoms with Crippen LogP contribution in [0.1, 0.15) is 29.8 Å². The molecule has 4 nitrogen and oxygen atoms in total. The van der Waals surface area contributed by atoms with Crippen LogP contribution in [0.5, 0.6) is 0 Å². The molecule has 0 heterocycles. The van der Waals surface area contributed by atoms with Crippen molar-refractivity contribution in [2.24, 2.45) is 0 Å². The first-order chi connectivity index (χ1) is 11.4. The zero-order chi connectivity index (χ0) is 17.6. The summed E-state index contributed by atoms with van der Waals surface area (Å²) in [4.78, 5) is 24.0. The Labute approximate surface area is 146 Å². The topological polar surface area (TPSA) is 66.4 Å². The van der Waals surface area contributed by atoms with E-state index in [0.717, 1.165) is 5.56 Å². The molecule has 0 saturated carbocycles. The molecule has 0 aliphatic carbocycles. The number of carbonyl (C=O) groups is 2. The number of hydrogen-bond donors (Lipinski definition) is 2. The predicted octanol–water partition coefficient (Wildman–Crippen LogP) is 3.58. The monoisotopic (exact) mass is 343 g/mol. The molecule has 5 heteroatoms. The Morgan fingerprint density at radius 1 is 1.04 bits per heavy atom. The summed E-state index contributed by atoms with van der Waals surface area (Å²) in [7, 11) is 0. The summed E-state index contributed by atoms with van der Waals surface area (Å²) in [5, 5.41) is 12.2. The summed E-state index contributed by atoms with van der Waals surface area (Å²) < 4.78 is -0.661. The van der Waals surface area contributed by atoms with Crippen molar-refractivity contribution in [1.82, 2.24) is 5.32 Å². The Morgan fingerprint density at radius 3 is 2.12 bits per heavy atom. The van der Waals surface area contributed by atoms with Gasteiger partial charge in [-0.1, -0.05) is 48.5 Å². The summed E-state index contributed by atoms with van der Waals surface area (Å²) in [6.07, 6.45) is 0. The number of aliphatic carboxylic acids is 1. The second-order valence-corrected chi connectivity index (χ2v) is 7.62. The van der Waals surface area contributed by atoms with Crippen molar-refractivity contribution < 1.29 is 14.7 Å². The Kier molecular flexibility index (Phi) is 6.04. The molecule has 1 atom stereocenters. The maximum Gasteiger partial charge on any atom is 0.327 e. The van der Waals surface area contributed by atoms with Crippen LogP contribution in [0.4, 0.5) is 0 Å². The van der Waals surface area contributed by atoms with Crippen molar-refractivity contribution in [3.05, 3.63) is 71.8 Å². The Morgan fingerprint density at radius 2 is 1.58 bits per heavy atom. The molecule has 0 aromatic heterocycles. The SMILES string of the molecule is CC(C)(SCc1ccccc1)[C@H](NC(=O)c1ccccc1)C(=O)O. The van der Waals surface area contributed by atoms with Crippen LogP contribution in [0.3, 0.4) is 0 Å². The van der Waals surface area contributed by atoms with Crippen LogP contribution in [0, 0.1) is 0 Å². The largest absolute Gasteiger partial charge is 0.480 e. The molecule has 0 aliphatic rings. The summed E-state index contributed by atoms with van der Waals surface area (Å²) in [5.74, 6) is -0.736. The summed E-state index contributed by atoms with van der Waals surface area (Å²) in [6.45, 7) is 3.68. The van der Waals surface area contributed by atoms with Crippen LogP contribution in [-0.2, 0) is 10.5 Å². The van der Waals surface area contributed by atoms with Crippen LogP contribution in [0.15, 0.2) is 60.7 Å². The summed E-state index contributed by atoms with van der Waals surface area (Å²) in [5.41, 5.74) is 1.57. The van der Waals surface area contributed by atoms with Crippen molar-refractivity contribution in [2.45, 2.75) is 30.4 Å². The maximum atomic E-state index is 12.3. The van der Waals surface area contributed by atoms with Gasteiger partial charge in [0.25, 0.3) is 5.91 Å². The molecule has 2 aromatic carbocycles. The lowest BCUT2D eigenvalue weighted by Gasteiger charge is -2.31. The second kappa shape index (κ2) is 8.02. The first-order valence-electron chi connectivity index (χ1n) is 7.67. The number of rotatable bonds is 7. The molecular formula is C19H21NO3S. The zero-order valence-electron chi connectivity index (χ0n) is 13.7. The molecule has 0 spiro atoms. The molecule has 24 heavy (non-hydrogen) atoms. The van der Waals surface area contributed by atoms with E-state index in [1.54, 1.807) is 24.3 Å². The van der Waals surface area contributed by atoms with Crippen molar-refractivity contribution in [2.75, 3.05) is 0 Å². The van der Waals surface area contributed by atoms with E-state index in [9.17, 15) is 14.7 Å². The molecule has 0 bridgehead atoms. The number of carbonyl (C=O) groups excluding carboxylic acids is 1. The highest BCUT2D eigenvalue weighted by Gasteiger charge is 2.37. The van der Waals surface area contributed by atoms with E-state index in [1.807, 2.05) is 50.2 Å². The summed E-state index contributed by atoms with van der Waals surface area (Å²) >= 11 is 1.51. The van der Waals surface area contributed by atoms with Gasteiger partial charge in [-0.3, -0.25) is 4.79 Å². The molecular weight excluding hydrogens is 322 g/mol. The van der Waals surface area contributed by atoms with Crippen LogP contribution in [0.25, 0.3) is 0 Å². The fourth-order valence-electron chi connectivity index (χ4n) is 2.26. The standard InChI is InChI=1S/C19H21NO3S/c1-19(2,24-13-14-9-5-3-6-10-14)16(18(22)23)20-17(21)15-11-7-4-8-12-15/h3-12,16H,13H2,1-2H3,(H,20,21)(H,22,23)/t16-/m1/s1. The lowest BCUT2D eigenvalue weighted by atomic mass is 10.0. The molecule has 2 N–H and O–H groups in total. The molecule has 0 saturated heterocycles. The molecule has 1 amide bonds. The van der Waals surface area contributed by atoms with E-state index >= 15 is 0 Å². The van der Waals surface area contributed by atoms with Crippen LogP contribution in [0.2, 0.25) is 0 Å². The molecule has 0 unspecified atom stereocenters. The number of nitrogens with one attached hydrogen (secondary N) is 1. The fourth-order valence-corrected chi connectivity index (χ4v) is 3.32. The summed E-state index contributed by atoms with van der Waals surface area (Å²) in [6, 6.07) is 17.5. The third kappa shape index (κ3) is 4.86. The molecule has 0 fully saturated rings. The number of amides is 1. The highest BCUT2D eigenvalue weighted by atomic mass is 32.2. The van der Waals surface area contributed by atoms with Crippen LogP contribution in [-0.4, -0.2) is 27.8 Å². The average molecular weight is 343 g/mol. The lowest BCUT2D eigenvalue weighted by molar-refractivity contribution is -0.139. The Balaban J connectivity index is 2.07. The fraction of sp³-hybridized carbons (Fsp3) is 0.263. The number of carboxylic acids is 1. The number of hydrogen-bond acceptors (Lipinski definition) is 3. The van der Waals surface area contributed by atoms with Gasteiger partial charge in [-0.05, 0) is 31.5 Å². The van der Waals surface area contributed by atoms with E-state index in [-0.39, 0.29) is 5.91 Å². The first kappa shape index (κ1) is 18.1. The van der Waals surface area contributed by atoms with Gasteiger partial charge < -0.3 is 10.4 Å².